The molecular formula is C14H21ClN2O2. The SMILES string of the molecule is Clc1ccc([C@H](C2CCOCC2)N2CCNCC2)o1. The van der Waals surface area contributed by atoms with Crippen molar-refractivity contribution in [1.82, 2.24) is 10.2 Å². The van der Waals surface area contributed by atoms with Crippen LogP contribution in [-0.2, 0) is 4.74 Å². The van der Waals surface area contributed by atoms with E-state index < -0.39 is 0 Å². The maximum Gasteiger partial charge on any atom is 0.193 e. The van der Waals surface area contributed by atoms with E-state index in [1.165, 1.54) is 0 Å². The third-order valence-electron chi connectivity index (χ3n) is 4.14. The molecule has 1 atom stereocenters. The van der Waals surface area contributed by atoms with E-state index in [9.17, 15) is 0 Å². The molecule has 1 aromatic rings. The van der Waals surface area contributed by atoms with Gasteiger partial charge < -0.3 is 14.5 Å². The molecule has 0 aromatic carbocycles. The summed E-state index contributed by atoms with van der Waals surface area (Å²) in [5, 5.41) is 3.89. The Kier molecular flexibility index (Phi) is 4.43. The molecule has 3 heterocycles. The predicted molar refractivity (Wildman–Crippen MR) is 74.4 cm³/mol. The van der Waals surface area contributed by atoms with Crippen molar-refractivity contribution in [2.45, 2.75) is 18.9 Å². The number of ether oxygens (including phenoxy) is 1. The molecule has 19 heavy (non-hydrogen) atoms. The van der Waals surface area contributed by atoms with Crippen LogP contribution in [0.2, 0.25) is 5.22 Å². The Morgan fingerprint density at radius 2 is 1.95 bits per heavy atom. The third-order valence-corrected chi connectivity index (χ3v) is 4.35. The van der Waals surface area contributed by atoms with Crippen LogP contribution in [0.15, 0.2) is 16.5 Å². The Labute approximate surface area is 119 Å². The quantitative estimate of drug-likeness (QED) is 0.924. The van der Waals surface area contributed by atoms with Gasteiger partial charge in [-0.1, -0.05) is 0 Å². The number of piperazine rings is 1. The average Bonchev–Trinajstić information content (AvgIpc) is 2.88. The Morgan fingerprint density at radius 3 is 2.58 bits per heavy atom. The van der Waals surface area contributed by atoms with Gasteiger partial charge in [0.1, 0.15) is 5.76 Å². The highest BCUT2D eigenvalue weighted by Crippen LogP contribution is 2.36. The lowest BCUT2D eigenvalue weighted by atomic mass is 9.88. The van der Waals surface area contributed by atoms with Crippen LogP contribution < -0.4 is 5.32 Å². The number of halogens is 1. The summed E-state index contributed by atoms with van der Waals surface area (Å²) in [6.45, 7) is 5.96. The second-order valence-electron chi connectivity index (χ2n) is 5.32. The fourth-order valence-electron chi connectivity index (χ4n) is 3.19. The van der Waals surface area contributed by atoms with Gasteiger partial charge in [0.2, 0.25) is 0 Å². The number of hydrogen-bond donors (Lipinski definition) is 1. The second kappa shape index (κ2) is 6.27. The first kappa shape index (κ1) is 13.4. The van der Waals surface area contributed by atoms with Crippen molar-refractivity contribution in [2.75, 3.05) is 39.4 Å². The lowest BCUT2D eigenvalue weighted by molar-refractivity contribution is 0.0149. The van der Waals surface area contributed by atoms with Crippen molar-refractivity contribution >= 4 is 11.6 Å². The smallest absolute Gasteiger partial charge is 0.193 e. The van der Waals surface area contributed by atoms with Gasteiger partial charge in [0.25, 0.3) is 0 Å². The van der Waals surface area contributed by atoms with E-state index in [0.717, 1.165) is 58.0 Å². The molecule has 5 heteroatoms. The number of nitrogens with zero attached hydrogens (tertiary/aromatic N) is 1. The van der Waals surface area contributed by atoms with Crippen molar-refractivity contribution in [3.05, 3.63) is 23.1 Å². The molecule has 3 rings (SSSR count). The van der Waals surface area contributed by atoms with Gasteiger partial charge in [0.05, 0.1) is 6.04 Å². The van der Waals surface area contributed by atoms with Crippen LogP contribution in [0.25, 0.3) is 0 Å². The second-order valence-corrected chi connectivity index (χ2v) is 5.70. The van der Waals surface area contributed by atoms with Crippen molar-refractivity contribution in [3.63, 3.8) is 0 Å². The predicted octanol–water partition coefficient (Wildman–Crippen LogP) is 2.31. The first-order valence-electron chi connectivity index (χ1n) is 7.12. The molecule has 1 aromatic heterocycles. The molecule has 2 fully saturated rings. The molecule has 0 unspecified atom stereocenters. The molecule has 0 amide bonds. The lowest BCUT2D eigenvalue weighted by Gasteiger charge is -2.39. The fourth-order valence-corrected chi connectivity index (χ4v) is 3.34. The highest BCUT2D eigenvalue weighted by atomic mass is 35.5. The van der Waals surface area contributed by atoms with Crippen molar-refractivity contribution in [3.8, 4) is 0 Å². The molecule has 2 aliphatic rings. The zero-order valence-electron chi connectivity index (χ0n) is 11.1. The Morgan fingerprint density at radius 1 is 1.21 bits per heavy atom. The highest BCUT2D eigenvalue weighted by molar-refractivity contribution is 6.28. The first-order chi connectivity index (χ1) is 9.34. The van der Waals surface area contributed by atoms with Gasteiger partial charge in [-0.2, -0.15) is 0 Å². The van der Waals surface area contributed by atoms with Gasteiger partial charge in [0, 0.05) is 39.4 Å². The third kappa shape index (κ3) is 3.14. The van der Waals surface area contributed by atoms with E-state index in [0.29, 0.717) is 17.2 Å². The number of rotatable bonds is 3. The Bertz CT molecular complexity index is 380. The van der Waals surface area contributed by atoms with Crippen LogP contribution >= 0.6 is 11.6 Å². The van der Waals surface area contributed by atoms with Crippen molar-refractivity contribution in [2.24, 2.45) is 5.92 Å². The van der Waals surface area contributed by atoms with Crippen LogP contribution in [0.4, 0.5) is 0 Å². The van der Waals surface area contributed by atoms with E-state index in [1.54, 1.807) is 0 Å². The molecule has 0 bridgehead atoms. The fraction of sp³-hybridized carbons (Fsp3) is 0.714. The molecule has 0 spiro atoms. The summed E-state index contributed by atoms with van der Waals surface area (Å²) >= 11 is 5.96. The average molecular weight is 285 g/mol. The van der Waals surface area contributed by atoms with Crippen molar-refractivity contribution < 1.29 is 9.15 Å². The lowest BCUT2D eigenvalue weighted by Crippen LogP contribution is -2.47. The standard InChI is InChI=1S/C14H21ClN2O2/c15-13-2-1-12(19-13)14(11-3-9-18-10-4-11)17-7-5-16-6-8-17/h1-2,11,14,16H,3-10H2/t14-/m0/s1. The van der Waals surface area contributed by atoms with Gasteiger partial charge in [-0.05, 0) is 42.5 Å². The molecule has 0 saturated carbocycles. The normalized spacial score (nSPS) is 24.5. The summed E-state index contributed by atoms with van der Waals surface area (Å²) in [6.07, 6.45) is 2.21. The summed E-state index contributed by atoms with van der Waals surface area (Å²) < 4.78 is 11.2. The Balaban J connectivity index is 1.81. The topological polar surface area (TPSA) is 37.6 Å². The van der Waals surface area contributed by atoms with E-state index in [4.69, 9.17) is 20.8 Å². The van der Waals surface area contributed by atoms with Gasteiger partial charge in [-0.25, -0.2) is 0 Å². The summed E-state index contributed by atoms with van der Waals surface area (Å²) in [4.78, 5) is 2.53. The van der Waals surface area contributed by atoms with E-state index in [-0.39, 0.29) is 0 Å². The maximum absolute atomic E-state index is 5.96. The zero-order chi connectivity index (χ0) is 13.1. The maximum atomic E-state index is 5.96. The van der Waals surface area contributed by atoms with Gasteiger partial charge >= 0.3 is 0 Å². The number of nitrogens with one attached hydrogen (secondary N) is 1. The Hall–Kier alpha value is -0.550. The summed E-state index contributed by atoms with van der Waals surface area (Å²) in [6, 6.07) is 4.23. The molecule has 0 aliphatic carbocycles. The minimum Gasteiger partial charge on any atom is -0.448 e. The molecule has 2 aliphatic heterocycles. The monoisotopic (exact) mass is 284 g/mol. The molecule has 2 saturated heterocycles. The summed E-state index contributed by atoms with van der Waals surface area (Å²) in [5.41, 5.74) is 0. The molecular weight excluding hydrogens is 264 g/mol. The minimum atomic E-state index is 0.346. The first-order valence-corrected chi connectivity index (χ1v) is 7.50. The van der Waals surface area contributed by atoms with E-state index in [1.807, 2.05) is 12.1 Å². The molecule has 106 valence electrons. The highest BCUT2D eigenvalue weighted by Gasteiger charge is 2.33. The molecule has 0 radical (unpaired) electrons. The van der Waals surface area contributed by atoms with Crippen LogP contribution in [0, 0.1) is 5.92 Å². The van der Waals surface area contributed by atoms with E-state index in [2.05, 4.69) is 10.2 Å². The van der Waals surface area contributed by atoms with Gasteiger partial charge in [0.15, 0.2) is 5.22 Å². The van der Waals surface area contributed by atoms with Gasteiger partial charge in [-0.15, -0.1) is 0 Å². The van der Waals surface area contributed by atoms with Crippen LogP contribution in [-0.4, -0.2) is 44.3 Å². The van der Waals surface area contributed by atoms with Crippen LogP contribution in [0.1, 0.15) is 24.6 Å². The van der Waals surface area contributed by atoms with E-state index >= 15 is 0 Å². The summed E-state index contributed by atoms with van der Waals surface area (Å²) in [5.74, 6) is 1.62. The van der Waals surface area contributed by atoms with Crippen LogP contribution in [0.5, 0.6) is 0 Å². The number of furan rings is 1. The van der Waals surface area contributed by atoms with Crippen molar-refractivity contribution in [1.29, 1.82) is 0 Å². The number of hydrogen-bond acceptors (Lipinski definition) is 4. The molecule has 1 N–H and O–H groups in total. The largest absolute Gasteiger partial charge is 0.448 e. The molecule has 4 nitrogen and oxygen atoms in total. The zero-order valence-corrected chi connectivity index (χ0v) is 11.9. The van der Waals surface area contributed by atoms with Gasteiger partial charge in [-0.3, -0.25) is 4.90 Å². The van der Waals surface area contributed by atoms with Crippen LogP contribution in [0.3, 0.4) is 0 Å². The summed E-state index contributed by atoms with van der Waals surface area (Å²) in [7, 11) is 0. The minimum absolute atomic E-state index is 0.346.